The first-order valence-electron chi connectivity index (χ1n) is 9.78. The number of rotatable bonds is 4. The third-order valence-corrected chi connectivity index (χ3v) is 5.58. The summed E-state index contributed by atoms with van der Waals surface area (Å²) in [6.07, 6.45) is 0.350. The molecular weight excluding hydrogens is 386 g/mol. The largest absolute Gasteiger partial charge is 0.508 e. The van der Waals surface area contributed by atoms with E-state index in [1.165, 1.54) is 0 Å². The van der Waals surface area contributed by atoms with Crippen molar-refractivity contribution < 1.29 is 24.2 Å². The van der Waals surface area contributed by atoms with Crippen molar-refractivity contribution in [3.05, 3.63) is 59.7 Å². The van der Waals surface area contributed by atoms with Crippen LogP contribution < -0.4 is 10.1 Å². The van der Waals surface area contributed by atoms with Crippen LogP contribution in [0.25, 0.3) is 0 Å². The van der Waals surface area contributed by atoms with Gasteiger partial charge in [-0.3, -0.25) is 14.4 Å². The first-order valence-corrected chi connectivity index (χ1v) is 9.78. The molecule has 2 aliphatic rings. The molecule has 2 heterocycles. The van der Waals surface area contributed by atoms with E-state index in [-0.39, 0.29) is 30.0 Å². The van der Waals surface area contributed by atoms with Crippen molar-refractivity contribution in [1.29, 1.82) is 0 Å². The fraction of sp³-hybridized carbons (Fsp3) is 0.318. The maximum absolute atomic E-state index is 12.9. The van der Waals surface area contributed by atoms with Crippen LogP contribution in [0.4, 0.5) is 0 Å². The first kappa shape index (κ1) is 19.8. The lowest BCUT2D eigenvalue weighted by atomic mass is 9.98. The van der Waals surface area contributed by atoms with E-state index >= 15 is 0 Å². The number of ether oxygens (including phenoxy) is 1. The van der Waals surface area contributed by atoms with E-state index in [1.807, 2.05) is 0 Å². The van der Waals surface area contributed by atoms with Gasteiger partial charge in [-0.25, -0.2) is 0 Å². The van der Waals surface area contributed by atoms with Gasteiger partial charge in [-0.05, 0) is 42.0 Å². The molecule has 4 rings (SSSR count). The topological polar surface area (TPSA) is 99.2 Å². The van der Waals surface area contributed by atoms with Gasteiger partial charge in [0.1, 0.15) is 23.6 Å². The maximum atomic E-state index is 12.9. The Hall–Kier alpha value is -3.55. The molecule has 3 amide bonds. The number of fused-ring (bicyclic) bond motifs is 1. The van der Waals surface area contributed by atoms with Crippen LogP contribution in [0.1, 0.15) is 15.9 Å². The number of carbonyl (C=O) groups excluding carboxylic acids is 3. The molecule has 2 fully saturated rings. The average Bonchev–Trinajstić information content (AvgIpc) is 2.78. The summed E-state index contributed by atoms with van der Waals surface area (Å²) in [6.45, 7) is 0.839. The molecule has 2 atom stereocenters. The SMILES string of the molecule is COc1ccc(C(=O)N2CCN3C(=O)[C@H](Cc4ccc(O)cc4)NC(=O)[C@@H]3C2)cc1. The van der Waals surface area contributed by atoms with E-state index in [0.717, 1.165) is 5.56 Å². The normalized spacial score (nSPS) is 21.1. The number of benzene rings is 2. The molecule has 0 unspecified atom stereocenters. The van der Waals surface area contributed by atoms with Gasteiger partial charge in [-0.1, -0.05) is 12.1 Å². The van der Waals surface area contributed by atoms with E-state index in [9.17, 15) is 19.5 Å². The molecule has 8 nitrogen and oxygen atoms in total. The van der Waals surface area contributed by atoms with E-state index < -0.39 is 12.1 Å². The van der Waals surface area contributed by atoms with Crippen LogP contribution in [-0.4, -0.2) is 71.5 Å². The van der Waals surface area contributed by atoms with E-state index in [0.29, 0.717) is 30.8 Å². The Bertz CT molecular complexity index is 958. The van der Waals surface area contributed by atoms with Crippen LogP contribution in [-0.2, 0) is 16.0 Å². The second kappa shape index (κ2) is 8.06. The minimum atomic E-state index is -0.690. The predicted octanol–water partition coefficient (Wildman–Crippen LogP) is 0.795. The highest BCUT2D eigenvalue weighted by Crippen LogP contribution is 2.21. The summed E-state index contributed by atoms with van der Waals surface area (Å²) in [5.74, 6) is 0.224. The predicted molar refractivity (Wildman–Crippen MR) is 108 cm³/mol. The van der Waals surface area contributed by atoms with Gasteiger partial charge in [0.2, 0.25) is 11.8 Å². The van der Waals surface area contributed by atoms with E-state index in [2.05, 4.69) is 5.32 Å². The zero-order valence-corrected chi connectivity index (χ0v) is 16.6. The lowest BCUT2D eigenvalue weighted by Gasteiger charge is -2.45. The average molecular weight is 409 g/mol. The van der Waals surface area contributed by atoms with E-state index in [4.69, 9.17) is 4.74 Å². The van der Waals surface area contributed by atoms with Gasteiger partial charge in [-0.2, -0.15) is 0 Å². The Morgan fingerprint density at radius 1 is 1.10 bits per heavy atom. The van der Waals surface area contributed by atoms with Gasteiger partial charge in [0.05, 0.1) is 13.7 Å². The molecule has 0 aliphatic carbocycles. The molecule has 0 saturated carbocycles. The van der Waals surface area contributed by atoms with E-state index in [1.54, 1.807) is 65.4 Å². The molecule has 2 saturated heterocycles. The lowest BCUT2D eigenvalue weighted by molar-refractivity contribution is -0.152. The van der Waals surface area contributed by atoms with Crippen molar-refractivity contribution in [1.82, 2.24) is 15.1 Å². The number of piperazine rings is 2. The summed E-state index contributed by atoms with van der Waals surface area (Å²) in [5.41, 5.74) is 1.36. The molecule has 0 aromatic heterocycles. The smallest absolute Gasteiger partial charge is 0.254 e. The molecule has 2 N–H and O–H groups in total. The van der Waals surface area contributed by atoms with Gasteiger partial charge < -0.3 is 25.0 Å². The highest BCUT2D eigenvalue weighted by molar-refractivity contribution is 5.99. The quantitative estimate of drug-likeness (QED) is 0.778. The van der Waals surface area contributed by atoms with Crippen molar-refractivity contribution >= 4 is 17.7 Å². The summed E-state index contributed by atoms with van der Waals surface area (Å²) in [5, 5.41) is 12.2. The van der Waals surface area contributed by atoms with Crippen LogP contribution in [0.3, 0.4) is 0 Å². The number of phenols is 1. The van der Waals surface area contributed by atoms with Gasteiger partial charge in [0.15, 0.2) is 0 Å². The standard InChI is InChI=1S/C22H23N3O5/c1-30-17-8-4-15(5-9-17)21(28)24-10-11-25-19(13-24)20(27)23-18(22(25)29)12-14-2-6-16(26)7-3-14/h2-9,18-19,26H,10-13H2,1H3,(H,23,27)/t18-,19-/m0/s1. The monoisotopic (exact) mass is 409 g/mol. The molecule has 0 spiro atoms. The number of carbonyl (C=O) groups is 3. The number of nitrogens with one attached hydrogen (secondary N) is 1. The van der Waals surface area contributed by atoms with Crippen molar-refractivity contribution in [2.75, 3.05) is 26.7 Å². The van der Waals surface area contributed by atoms with Crippen molar-refractivity contribution in [2.24, 2.45) is 0 Å². The summed E-state index contributed by atoms with van der Waals surface area (Å²) < 4.78 is 5.11. The lowest BCUT2D eigenvalue weighted by Crippen LogP contribution is -2.70. The molecule has 156 valence electrons. The van der Waals surface area contributed by atoms with Crippen molar-refractivity contribution in [2.45, 2.75) is 18.5 Å². The second-order valence-corrected chi connectivity index (χ2v) is 7.46. The molecule has 2 aromatic rings. The molecule has 8 heteroatoms. The summed E-state index contributed by atoms with van der Waals surface area (Å²) in [6, 6.07) is 12.0. The molecule has 0 radical (unpaired) electrons. The minimum absolute atomic E-state index is 0.149. The third-order valence-electron chi connectivity index (χ3n) is 5.58. The molecule has 2 aliphatic heterocycles. The van der Waals surface area contributed by atoms with Gasteiger partial charge in [0.25, 0.3) is 5.91 Å². The molecule has 0 bridgehead atoms. The zero-order valence-electron chi connectivity index (χ0n) is 16.6. The Balaban J connectivity index is 1.43. The summed E-state index contributed by atoms with van der Waals surface area (Å²) in [4.78, 5) is 41.7. The van der Waals surface area contributed by atoms with Crippen molar-refractivity contribution in [3.63, 3.8) is 0 Å². The van der Waals surface area contributed by atoms with Crippen LogP contribution in [0, 0.1) is 0 Å². The number of phenolic OH excluding ortho intramolecular Hbond substituents is 1. The Morgan fingerprint density at radius 3 is 2.47 bits per heavy atom. The molecule has 30 heavy (non-hydrogen) atoms. The number of hydrogen-bond donors (Lipinski definition) is 2. The van der Waals surface area contributed by atoms with Gasteiger partial charge >= 0.3 is 0 Å². The fourth-order valence-electron chi connectivity index (χ4n) is 3.91. The van der Waals surface area contributed by atoms with Gasteiger partial charge in [0, 0.05) is 25.1 Å². The van der Waals surface area contributed by atoms with Crippen molar-refractivity contribution in [3.8, 4) is 11.5 Å². The first-order chi connectivity index (χ1) is 14.5. The third kappa shape index (κ3) is 3.80. The number of amides is 3. The zero-order chi connectivity index (χ0) is 21.3. The highest BCUT2D eigenvalue weighted by Gasteiger charge is 2.44. The van der Waals surface area contributed by atoms with Crippen LogP contribution in [0.15, 0.2) is 48.5 Å². The van der Waals surface area contributed by atoms with Crippen LogP contribution in [0.2, 0.25) is 0 Å². The Morgan fingerprint density at radius 2 is 1.80 bits per heavy atom. The molecular formula is C22H23N3O5. The fourth-order valence-corrected chi connectivity index (χ4v) is 3.91. The highest BCUT2D eigenvalue weighted by atomic mass is 16.5. The van der Waals surface area contributed by atoms with Crippen LogP contribution >= 0.6 is 0 Å². The van der Waals surface area contributed by atoms with Crippen LogP contribution in [0.5, 0.6) is 11.5 Å². The number of methoxy groups -OCH3 is 1. The second-order valence-electron chi connectivity index (χ2n) is 7.46. The molecule has 2 aromatic carbocycles. The maximum Gasteiger partial charge on any atom is 0.254 e. The Kier molecular flexibility index (Phi) is 5.31. The summed E-state index contributed by atoms with van der Waals surface area (Å²) >= 11 is 0. The van der Waals surface area contributed by atoms with Gasteiger partial charge in [-0.15, -0.1) is 0 Å². The summed E-state index contributed by atoms with van der Waals surface area (Å²) in [7, 11) is 1.56. The number of hydrogen-bond acceptors (Lipinski definition) is 5. The number of aromatic hydroxyl groups is 1. The Labute approximate surface area is 174 Å². The minimum Gasteiger partial charge on any atom is -0.508 e. The number of nitrogens with zero attached hydrogens (tertiary/aromatic N) is 2.